The topological polar surface area (TPSA) is 79.0 Å². The van der Waals surface area contributed by atoms with Crippen molar-refractivity contribution in [2.45, 2.75) is 44.4 Å². The summed E-state index contributed by atoms with van der Waals surface area (Å²) in [7, 11) is 0. The molecule has 2 saturated heterocycles. The number of carbonyl (C=O) groups is 3. The summed E-state index contributed by atoms with van der Waals surface area (Å²) in [5, 5.41) is 2.31. The van der Waals surface area contributed by atoms with E-state index in [1.165, 1.54) is 4.90 Å². The molecule has 0 saturated carbocycles. The van der Waals surface area contributed by atoms with E-state index in [4.69, 9.17) is 4.74 Å². The number of amides is 3. The molecule has 3 aliphatic rings. The van der Waals surface area contributed by atoms with Crippen LogP contribution in [0.5, 0.6) is 5.75 Å². The molecule has 150 valence electrons. The van der Waals surface area contributed by atoms with Crippen LogP contribution in [-0.2, 0) is 16.1 Å². The van der Waals surface area contributed by atoms with Crippen molar-refractivity contribution < 1.29 is 23.5 Å². The van der Waals surface area contributed by atoms with Crippen molar-refractivity contribution in [3.63, 3.8) is 0 Å². The molecule has 0 aromatic heterocycles. The summed E-state index contributed by atoms with van der Waals surface area (Å²) in [6.45, 7) is 1.99. The second-order valence-corrected chi connectivity index (χ2v) is 7.59. The Labute approximate surface area is 162 Å². The Balaban J connectivity index is 1.44. The average molecular weight is 389 g/mol. The van der Waals surface area contributed by atoms with E-state index in [-0.39, 0.29) is 31.0 Å². The minimum atomic E-state index is -0.616. The third-order valence-corrected chi connectivity index (χ3v) is 5.66. The number of alkyl halides is 1. The van der Waals surface area contributed by atoms with Gasteiger partial charge in [0.25, 0.3) is 5.91 Å². The lowest BCUT2D eigenvalue weighted by atomic mass is 10.0. The van der Waals surface area contributed by atoms with Gasteiger partial charge < -0.3 is 9.64 Å². The zero-order chi connectivity index (χ0) is 19.7. The minimum absolute atomic E-state index is 0.00157. The summed E-state index contributed by atoms with van der Waals surface area (Å²) in [6.07, 6.45) is 2.47. The number of nitrogens with zero attached hydrogens (tertiary/aromatic N) is 2. The van der Waals surface area contributed by atoms with Crippen LogP contribution in [0.4, 0.5) is 4.39 Å². The van der Waals surface area contributed by atoms with Gasteiger partial charge in [0.15, 0.2) is 0 Å². The summed E-state index contributed by atoms with van der Waals surface area (Å²) in [5.41, 5.74) is 1.39. The van der Waals surface area contributed by atoms with E-state index < -0.39 is 11.9 Å². The highest BCUT2D eigenvalue weighted by atomic mass is 19.1. The van der Waals surface area contributed by atoms with Crippen LogP contribution < -0.4 is 10.1 Å². The molecule has 3 amide bonds. The Bertz CT molecular complexity index is 798. The maximum Gasteiger partial charge on any atom is 0.255 e. The van der Waals surface area contributed by atoms with Gasteiger partial charge >= 0.3 is 0 Å². The lowest BCUT2D eigenvalue weighted by Gasteiger charge is -2.32. The highest BCUT2D eigenvalue weighted by Gasteiger charge is 2.39. The van der Waals surface area contributed by atoms with Crippen molar-refractivity contribution in [3.05, 3.63) is 29.3 Å². The normalized spacial score (nSPS) is 25.6. The van der Waals surface area contributed by atoms with Crippen LogP contribution in [0.3, 0.4) is 0 Å². The third-order valence-electron chi connectivity index (χ3n) is 5.66. The molecule has 28 heavy (non-hydrogen) atoms. The number of fused-ring (bicyclic) bond motifs is 1. The summed E-state index contributed by atoms with van der Waals surface area (Å²) in [5.74, 6) is -0.217. The average Bonchev–Trinajstić information content (AvgIpc) is 2.98. The first-order valence-corrected chi connectivity index (χ1v) is 9.77. The van der Waals surface area contributed by atoms with Gasteiger partial charge in [-0.3, -0.25) is 24.6 Å². The molecule has 2 unspecified atom stereocenters. The van der Waals surface area contributed by atoms with E-state index in [1.54, 1.807) is 12.1 Å². The summed E-state index contributed by atoms with van der Waals surface area (Å²) in [6, 6.07) is 4.75. The van der Waals surface area contributed by atoms with Crippen LogP contribution in [-0.4, -0.2) is 66.0 Å². The highest BCUT2D eigenvalue weighted by molar-refractivity contribution is 6.05. The fourth-order valence-electron chi connectivity index (χ4n) is 4.25. The molecule has 3 heterocycles. The van der Waals surface area contributed by atoms with Crippen LogP contribution in [0.2, 0.25) is 0 Å². The molecule has 4 rings (SSSR count). The SMILES string of the molecule is O=C1CCC(N2Cc3cc(OC4CCCN(CCF)C4)ccc3C2=O)C(=O)N1. The number of piperidine rings is 2. The molecular formula is C20H24FN3O4. The number of halogens is 1. The first-order chi connectivity index (χ1) is 13.5. The van der Waals surface area contributed by atoms with Gasteiger partial charge in [0, 0.05) is 31.6 Å². The second kappa shape index (κ2) is 7.87. The number of imide groups is 1. The van der Waals surface area contributed by atoms with Crippen molar-refractivity contribution in [1.29, 1.82) is 0 Å². The Morgan fingerprint density at radius 2 is 2.07 bits per heavy atom. The van der Waals surface area contributed by atoms with E-state index in [2.05, 4.69) is 10.2 Å². The standard InChI is InChI=1S/C20H24FN3O4/c21-7-9-23-8-1-2-15(12-23)28-14-3-4-16-13(10-14)11-24(20(16)27)17-5-6-18(25)22-19(17)26/h3-4,10,15,17H,1-2,5-9,11-12H2,(H,22,25,26). The fourth-order valence-corrected chi connectivity index (χ4v) is 4.25. The van der Waals surface area contributed by atoms with Crippen LogP contribution >= 0.6 is 0 Å². The lowest BCUT2D eigenvalue weighted by molar-refractivity contribution is -0.136. The number of benzene rings is 1. The fraction of sp³-hybridized carbons (Fsp3) is 0.550. The maximum atomic E-state index is 12.7. The Morgan fingerprint density at radius 1 is 1.21 bits per heavy atom. The molecule has 0 aliphatic carbocycles. The Morgan fingerprint density at radius 3 is 2.86 bits per heavy atom. The van der Waals surface area contributed by atoms with Gasteiger partial charge in [-0.05, 0) is 49.6 Å². The molecule has 1 aromatic rings. The van der Waals surface area contributed by atoms with Crippen molar-refractivity contribution in [2.75, 3.05) is 26.3 Å². The molecule has 1 N–H and O–H groups in total. The number of hydrogen-bond acceptors (Lipinski definition) is 5. The monoisotopic (exact) mass is 389 g/mol. The smallest absolute Gasteiger partial charge is 0.255 e. The van der Waals surface area contributed by atoms with Gasteiger partial charge in [-0.2, -0.15) is 0 Å². The molecule has 7 nitrogen and oxygen atoms in total. The summed E-state index contributed by atoms with van der Waals surface area (Å²) < 4.78 is 18.7. The van der Waals surface area contributed by atoms with E-state index in [9.17, 15) is 18.8 Å². The third kappa shape index (κ3) is 3.73. The van der Waals surface area contributed by atoms with Gasteiger partial charge in [-0.1, -0.05) is 0 Å². The van der Waals surface area contributed by atoms with Crippen molar-refractivity contribution in [2.24, 2.45) is 0 Å². The first-order valence-electron chi connectivity index (χ1n) is 9.77. The largest absolute Gasteiger partial charge is 0.489 e. The predicted octanol–water partition coefficient (Wildman–Crippen LogP) is 1.26. The first kappa shape index (κ1) is 18.9. The van der Waals surface area contributed by atoms with E-state index in [0.717, 1.165) is 24.9 Å². The molecule has 1 aromatic carbocycles. The van der Waals surface area contributed by atoms with Gasteiger partial charge in [-0.25, -0.2) is 4.39 Å². The lowest BCUT2D eigenvalue weighted by Crippen LogP contribution is -2.52. The van der Waals surface area contributed by atoms with Crippen molar-refractivity contribution in [3.8, 4) is 5.75 Å². The van der Waals surface area contributed by atoms with Crippen molar-refractivity contribution in [1.82, 2.24) is 15.1 Å². The van der Waals surface area contributed by atoms with Crippen molar-refractivity contribution >= 4 is 17.7 Å². The number of carbonyl (C=O) groups excluding carboxylic acids is 3. The Hall–Kier alpha value is -2.48. The highest BCUT2D eigenvalue weighted by Crippen LogP contribution is 2.31. The molecule has 0 spiro atoms. The van der Waals surface area contributed by atoms with Gasteiger partial charge in [0.2, 0.25) is 11.8 Å². The van der Waals surface area contributed by atoms with Gasteiger partial charge in [0.1, 0.15) is 24.6 Å². The molecule has 3 aliphatic heterocycles. The van der Waals surface area contributed by atoms with E-state index in [0.29, 0.717) is 37.4 Å². The maximum absolute atomic E-state index is 12.7. The van der Waals surface area contributed by atoms with Gasteiger partial charge in [-0.15, -0.1) is 0 Å². The van der Waals surface area contributed by atoms with Crippen LogP contribution in [0.1, 0.15) is 41.6 Å². The molecule has 0 radical (unpaired) electrons. The molecule has 2 atom stereocenters. The summed E-state index contributed by atoms with van der Waals surface area (Å²) in [4.78, 5) is 39.8. The number of rotatable bonds is 5. The van der Waals surface area contributed by atoms with E-state index >= 15 is 0 Å². The predicted molar refractivity (Wildman–Crippen MR) is 98.6 cm³/mol. The molecular weight excluding hydrogens is 365 g/mol. The van der Waals surface area contributed by atoms with Gasteiger partial charge in [0.05, 0.1) is 0 Å². The zero-order valence-electron chi connectivity index (χ0n) is 15.7. The molecule has 2 fully saturated rings. The minimum Gasteiger partial charge on any atom is -0.489 e. The number of ether oxygens (including phenoxy) is 1. The Kier molecular flexibility index (Phi) is 5.30. The quantitative estimate of drug-likeness (QED) is 0.767. The molecule has 0 bridgehead atoms. The van der Waals surface area contributed by atoms with Crippen LogP contribution in [0, 0.1) is 0 Å². The molecule has 8 heteroatoms. The second-order valence-electron chi connectivity index (χ2n) is 7.59. The number of nitrogens with one attached hydrogen (secondary N) is 1. The zero-order valence-corrected chi connectivity index (χ0v) is 15.7. The summed E-state index contributed by atoms with van der Waals surface area (Å²) >= 11 is 0. The van der Waals surface area contributed by atoms with Crippen LogP contribution in [0.15, 0.2) is 18.2 Å². The number of hydrogen-bond donors (Lipinski definition) is 1. The van der Waals surface area contributed by atoms with Crippen LogP contribution in [0.25, 0.3) is 0 Å². The van der Waals surface area contributed by atoms with E-state index in [1.807, 2.05) is 6.07 Å². The number of likely N-dealkylation sites (tertiary alicyclic amines) is 1.